The molecular weight excluding hydrogens is 394 g/mol. The van der Waals surface area contributed by atoms with Gasteiger partial charge in [0.25, 0.3) is 5.69 Å². The standard InChI is InChI=1S/C19H21N5O4S/c1-13-17(14(2)23(22-13)15-7-5-4-6-8-15)12-21-18-10-9-16(29(27,28)20-3)11-19(18)24(25)26/h4-11,20-21H,12H2,1-3H3. The highest BCUT2D eigenvalue weighted by molar-refractivity contribution is 7.89. The topological polar surface area (TPSA) is 119 Å². The molecule has 3 rings (SSSR count). The van der Waals surface area contributed by atoms with Gasteiger partial charge in [-0.05, 0) is 45.2 Å². The van der Waals surface area contributed by atoms with Crippen LogP contribution >= 0.6 is 0 Å². The maximum atomic E-state index is 11.9. The number of nitrogens with one attached hydrogen (secondary N) is 2. The summed E-state index contributed by atoms with van der Waals surface area (Å²) < 4.78 is 27.8. The van der Waals surface area contributed by atoms with Crippen molar-refractivity contribution < 1.29 is 13.3 Å². The number of hydrogen-bond donors (Lipinski definition) is 2. The summed E-state index contributed by atoms with van der Waals surface area (Å²) in [6, 6.07) is 13.4. The highest BCUT2D eigenvalue weighted by atomic mass is 32.2. The highest BCUT2D eigenvalue weighted by Crippen LogP contribution is 2.29. The Morgan fingerprint density at radius 1 is 1.14 bits per heavy atom. The molecule has 0 fully saturated rings. The lowest BCUT2D eigenvalue weighted by Crippen LogP contribution is -2.18. The molecule has 29 heavy (non-hydrogen) atoms. The van der Waals surface area contributed by atoms with Crippen molar-refractivity contribution >= 4 is 21.4 Å². The van der Waals surface area contributed by atoms with Gasteiger partial charge in [0.15, 0.2) is 0 Å². The molecular formula is C19H21N5O4S. The Labute approximate surface area is 168 Å². The number of aryl methyl sites for hydroxylation is 1. The van der Waals surface area contributed by atoms with Crippen LogP contribution in [0.5, 0.6) is 0 Å². The third kappa shape index (κ3) is 4.13. The smallest absolute Gasteiger partial charge is 0.293 e. The van der Waals surface area contributed by atoms with Crippen LogP contribution in [0, 0.1) is 24.0 Å². The third-order valence-electron chi connectivity index (χ3n) is 4.64. The summed E-state index contributed by atoms with van der Waals surface area (Å²) in [5.74, 6) is 0. The monoisotopic (exact) mass is 415 g/mol. The van der Waals surface area contributed by atoms with E-state index in [4.69, 9.17) is 0 Å². The van der Waals surface area contributed by atoms with Gasteiger partial charge in [-0.2, -0.15) is 5.10 Å². The molecule has 0 aliphatic rings. The molecule has 1 aromatic heterocycles. The van der Waals surface area contributed by atoms with Crippen molar-refractivity contribution in [2.75, 3.05) is 12.4 Å². The summed E-state index contributed by atoms with van der Waals surface area (Å²) in [4.78, 5) is 10.7. The van der Waals surface area contributed by atoms with Crippen molar-refractivity contribution in [3.05, 3.63) is 75.6 Å². The van der Waals surface area contributed by atoms with Gasteiger partial charge >= 0.3 is 0 Å². The van der Waals surface area contributed by atoms with Gasteiger partial charge in [0.2, 0.25) is 10.0 Å². The second kappa shape index (κ2) is 8.02. The molecule has 3 aromatic rings. The van der Waals surface area contributed by atoms with Gasteiger partial charge in [-0.1, -0.05) is 18.2 Å². The number of nitro benzene ring substituents is 1. The minimum absolute atomic E-state index is 0.165. The van der Waals surface area contributed by atoms with Gasteiger partial charge in [-0.25, -0.2) is 17.8 Å². The molecule has 0 unspecified atom stereocenters. The van der Waals surface area contributed by atoms with Crippen molar-refractivity contribution in [2.24, 2.45) is 0 Å². The van der Waals surface area contributed by atoms with Crippen molar-refractivity contribution in [2.45, 2.75) is 25.3 Å². The lowest BCUT2D eigenvalue weighted by Gasteiger charge is -2.10. The minimum Gasteiger partial charge on any atom is -0.375 e. The van der Waals surface area contributed by atoms with E-state index in [0.717, 1.165) is 28.7 Å². The molecule has 2 aromatic carbocycles. The molecule has 152 valence electrons. The molecule has 0 amide bonds. The van der Waals surface area contributed by atoms with Crippen LogP contribution in [0.3, 0.4) is 0 Å². The first kappa shape index (κ1) is 20.5. The first-order valence-corrected chi connectivity index (χ1v) is 10.3. The third-order valence-corrected chi connectivity index (χ3v) is 6.05. The largest absolute Gasteiger partial charge is 0.375 e. The van der Waals surface area contributed by atoms with Crippen LogP contribution in [-0.2, 0) is 16.6 Å². The second-order valence-electron chi connectivity index (χ2n) is 6.39. The van der Waals surface area contributed by atoms with E-state index in [1.807, 2.05) is 48.9 Å². The van der Waals surface area contributed by atoms with E-state index in [0.29, 0.717) is 6.54 Å². The molecule has 0 aliphatic heterocycles. The fraction of sp³-hybridized carbons (Fsp3) is 0.211. The van der Waals surface area contributed by atoms with Crippen LogP contribution in [0.2, 0.25) is 0 Å². The summed E-state index contributed by atoms with van der Waals surface area (Å²) in [6.07, 6.45) is 0. The minimum atomic E-state index is -3.77. The molecule has 10 heteroatoms. The second-order valence-corrected chi connectivity index (χ2v) is 8.28. The van der Waals surface area contributed by atoms with Crippen LogP contribution < -0.4 is 10.0 Å². The Balaban J connectivity index is 1.91. The van der Waals surface area contributed by atoms with Crippen molar-refractivity contribution in [1.29, 1.82) is 0 Å². The Hall–Kier alpha value is -3.24. The predicted molar refractivity (Wildman–Crippen MR) is 110 cm³/mol. The van der Waals surface area contributed by atoms with Crippen molar-refractivity contribution in [1.82, 2.24) is 14.5 Å². The summed E-state index contributed by atoms with van der Waals surface area (Å²) in [6.45, 7) is 4.12. The molecule has 0 spiro atoms. The summed E-state index contributed by atoms with van der Waals surface area (Å²) >= 11 is 0. The molecule has 1 heterocycles. The van der Waals surface area contributed by atoms with Gasteiger partial charge in [-0.15, -0.1) is 0 Å². The number of para-hydroxylation sites is 1. The van der Waals surface area contributed by atoms with Crippen LogP contribution in [0.15, 0.2) is 53.4 Å². The fourth-order valence-electron chi connectivity index (χ4n) is 3.03. The van der Waals surface area contributed by atoms with Crippen LogP contribution in [-0.4, -0.2) is 30.2 Å². The number of nitro groups is 1. The Bertz CT molecular complexity index is 1160. The highest BCUT2D eigenvalue weighted by Gasteiger charge is 2.21. The first-order valence-electron chi connectivity index (χ1n) is 8.81. The van der Waals surface area contributed by atoms with E-state index in [-0.39, 0.29) is 16.3 Å². The van der Waals surface area contributed by atoms with Gasteiger partial charge < -0.3 is 5.32 Å². The maximum absolute atomic E-state index is 11.9. The molecule has 0 saturated carbocycles. The van der Waals surface area contributed by atoms with Gasteiger partial charge in [-0.3, -0.25) is 10.1 Å². The first-order chi connectivity index (χ1) is 13.7. The number of hydrogen-bond acceptors (Lipinski definition) is 6. The van der Waals surface area contributed by atoms with E-state index in [1.165, 1.54) is 19.2 Å². The maximum Gasteiger partial charge on any atom is 0.293 e. The fourth-order valence-corrected chi connectivity index (χ4v) is 3.78. The van der Waals surface area contributed by atoms with E-state index in [2.05, 4.69) is 15.1 Å². The Kier molecular flexibility index (Phi) is 5.66. The zero-order chi connectivity index (χ0) is 21.2. The van der Waals surface area contributed by atoms with E-state index in [9.17, 15) is 18.5 Å². The van der Waals surface area contributed by atoms with E-state index in [1.54, 1.807) is 0 Å². The Morgan fingerprint density at radius 3 is 2.45 bits per heavy atom. The van der Waals surface area contributed by atoms with Gasteiger partial charge in [0.05, 0.1) is 21.2 Å². The summed E-state index contributed by atoms with van der Waals surface area (Å²) in [5.41, 5.74) is 3.47. The summed E-state index contributed by atoms with van der Waals surface area (Å²) in [5, 5.41) is 19.1. The van der Waals surface area contributed by atoms with Gasteiger partial charge in [0, 0.05) is 23.9 Å². The van der Waals surface area contributed by atoms with Crippen LogP contribution in [0.1, 0.15) is 17.0 Å². The average Bonchev–Trinajstić information content (AvgIpc) is 3.00. The number of nitrogens with zero attached hydrogens (tertiary/aromatic N) is 3. The average molecular weight is 415 g/mol. The zero-order valence-electron chi connectivity index (χ0n) is 16.2. The molecule has 0 bridgehead atoms. The zero-order valence-corrected chi connectivity index (χ0v) is 17.0. The van der Waals surface area contributed by atoms with E-state index >= 15 is 0 Å². The molecule has 2 N–H and O–H groups in total. The number of benzene rings is 2. The van der Waals surface area contributed by atoms with E-state index < -0.39 is 14.9 Å². The number of anilines is 1. The number of rotatable bonds is 7. The number of sulfonamides is 1. The van der Waals surface area contributed by atoms with Crippen LogP contribution in [0.4, 0.5) is 11.4 Å². The lowest BCUT2D eigenvalue weighted by molar-refractivity contribution is -0.384. The summed E-state index contributed by atoms with van der Waals surface area (Å²) in [7, 11) is -2.52. The molecule has 0 aliphatic carbocycles. The number of aromatic nitrogens is 2. The SMILES string of the molecule is CNS(=O)(=O)c1ccc(NCc2c(C)nn(-c3ccccc3)c2C)c([N+](=O)[O-])c1. The molecule has 0 atom stereocenters. The molecule has 0 saturated heterocycles. The van der Waals surface area contributed by atoms with Gasteiger partial charge in [0.1, 0.15) is 5.69 Å². The van der Waals surface area contributed by atoms with Crippen molar-refractivity contribution in [3.63, 3.8) is 0 Å². The van der Waals surface area contributed by atoms with Crippen molar-refractivity contribution in [3.8, 4) is 5.69 Å². The quantitative estimate of drug-likeness (QED) is 0.452. The Morgan fingerprint density at radius 2 is 1.83 bits per heavy atom. The molecule has 0 radical (unpaired) electrons. The predicted octanol–water partition coefficient (Wildman–Crippen LogP) is 2.92. The van der Waals surface area contributed by atoms with Crippen LogP contribution in [0.25, 0.3) is 5.69 Å². The molecule has 9 nitrogen and oxygen atoms in total. The normalized spacial score (nSPS) is 11.4. The lowest BCUT2D eigenvalue weighted by atomic mass is 10.2.